The van der Waals surface area contributed by atoms with Gasteiger partial charge in [0.1, 0.15) is 10.1 Å². The van der Waals surface area contributed by atoms with Gasteiger partial charge >= 0.3 is 51.4 Å². The first-order valence-electron chi connectivity index (χ1n) is 3.34. The Morgan fingerprint density at radius 3 is 2.36 bits per heavy atom. The van der Waals surface area contributed by atoms with E-state index < -0.39 is 10.1 Å². The van der Waals surface area contributed by atoms with Crippen LogP contribution in [0, 0.1) is 6.92 Å². The third kappa shape index (κ3) is 3.46. The summed E-state index contributed by atoms with van der Waals surface area (Å²) in [5, 5.41) is 0.0695. The molecule has 0 unspecified atom stereocenters. The minimum Gasteiger partial charge on any atom is -0.744 e. The first kappa shape index (κ1) is 14.9. The van der Waals surface area contributed by atoms with Crippen molar-refractivity contribution in [1.82, 2.24) is 0 Å². The zero-order valence-electron chi connectivity index (χ0n) is 7.74. The van der Waals surface area contributed by atoms with E-state index in [-0.39, 0.29) is 67.0 Å². The molecular formula is C7H7ClKNO3S. The van der Waals surface area contributed by atoms with E-state index in [4.69, 9.17) is 17.3 Å². The van der Waals surface area contributed by atoms with E-state index in [1.807, 2.05) is 0 Å². The summed E-state index contributed by atoms with van der Waals surface area (Å²) in [5.74, 6) is 0. The molecule has 2 N–H and O–H groups in total. The van der Waals surface area contributed by atoms with E-state index in [2.05, 4.69) is 0 Å². The second-order valence-corrected chi connectivity index (χ2v) is 4.35. The third-order valence-electron chi connectivity index (χ3n) is 1.56. The van der Waals surface area contributed by atoms with Crippen molar-refractivity contribution in [3.63, 3.8) is 0 Å². The van der Waals surface area contributed by atoms with Crippen molar-refractivity contribution in [2.45, 2.75) is 11.8 Å². The van der Waals surface area contributed by atoms with Gasteiger partial charge in [-0.15, -0.1) is 0 Å². The number of rotatable bonds is 1. The average molecular weight is 260 g/mol. The SMILES string of the molecule is Cc1cc(N)c(Cl)cc1S(=O)(=O)[O-].[K+]. The van der Waals surface area contributed by atoms with Crippen molar-refractivity contribution in [3.05, 3.63) is 22.7 Å². The molecule has 0 bridgehead atoms. The maximum atomic E-state index is 10.7. The van der Waals surface area contributed by atoms with Crippen LogP contribution in [-0.2, 0) is 10.1 Å². The summed E-state index contributed by atoms with van der Waals surface area (Å²) in [6.07, 6.45) is 0. The van der Waals surface area contributed by atoms with Crippen LogP contribution < -0.4 is 57.1 Å². The number of hydrogen-bond donors (Lipinski definition) is 1. The molecule has 0 spiro atoms. The number of aryl methyl sites for hydroxylation is 1. The van der Waals surface area contributed by atoms with Gasteiger partial charge in [-0.1, -0.05) is 11.6 Å². The summed E-state index contributed by atoms with van der Waals surface area (Å²) in [5.41, 5.74) is 5.96. The van der Waals surface area contributed by atoms with Crippen LogP contribution in [0.2, 0.25) is 5.02 Å². The van der Waals surface area contributed by atoms with Gasteiger partial charge in [-0.2, -0.15) is 0 Å². The minimum absolute atomic E-state index is 0. The number of halogens is 1. The van der Waals surface area contributed by atoms with Gasteiger partial charge in [0.25, 0.3) is 0 Å². The summed E-state index contributed by atoms with van der Waals surface area (Å²) in [6.45, 7) is 1.48. The smallest absolute Gasteiger partial charge is 0.744 e. The quantitative estimate of drug-likeness (QED) is 0.364. The Morgan fingerprint density at radius 1 is 1.43 bits per heavy atom. The molecule has 1 aromatic carbocycles. The fourth-order valence-corrected chi connectivity index (χ4v) is 1.90. The van der Waals surface area contributed by atoms with Crippen LogP contribution in [0.1, 0.15) is 5.56 Å². The van der Waals surface area contributed by atoms with Crippen LogP contribution >= 0.6 is 11.6 Å². The second kappa shape index (κ2) is 5.27. The number of anilines is 1. The van der Waals surface area contributed by atoms with Crippen molar-refractivity contribution in [2.75, 3.05) is 5.73 Å². The third-order valence-corrected chi connectivity index (χ3v) is 2.87. The van der Waals surface area contributed by atoms with Crippen LogP contribution in [-0.4, -0.2) is 13.0 Å². The molecule has 0 aliphatic heterocycles. The molecule has 0 atom stereocenters. The maximum absolute atomic E-state index is 10.7. The van der Waals surface area contributed by atoms with E-state index in [1.54, 1.807) is 0 Å². The second-order valence-electron chi connectivity index (χ2n) is 2.59. The van der Waals surface area contributed by atoms with Gasteiger partial charge in [0.2, 0.25) is 0 Å². The molecule has 14 heavy (non-hydrogen) atoms. The summed E-state index contributed by atoms with van der Waals surface area (Å²) in [6, 6.07) is 2.42. The van der Waals surface area contributed by atoms with Gasteiger partial charge in [0.15, 0.2) is 0 Å². The summed E-state index contributed by atoms with van der Waals surface area (Å²) >= 11 is 5.56. The predicted molar refractivity (Wildman–Crippen MR) is 48.6 cm³/mol. The molecule has 0 saturated carbocycles. The Labute approximate surface area is 130 Å². The Balaban J connectivity index is 0.00000169. The van der Waals surface area contributed by atoms with E-state index in [1.165, 1.54) is 13.0 Å². The zero-order chi connectivity index (χ0) is 10.2. The number of hydrogen-bond acceptors (Lipinski definition) is 4. The molecule has 1 rings (SSSR count). The van der Waals surface area contributed by atoms with Crippen LogP contribution in [0.25, 0.3) is 0 Å². The Kier molecular flexibility index (Phi) is 5.59. The first-order chi connectivity index (χ1) is 5.82. The van der Waals surface area contributed by atoms with Crippen LogP contribution in [0.3, 0.4) is 0 Å². The van der Waals surface area contributed by atoms with Gasteiger partial charge in [0.05, 0.1) is 15.6 Å². The molecule has 0 fully saturated rings. The van der Waals surface area contributed by atoms with Gasteiger partial charge in [-0.25, -0.2) is 8.42 Å². The summed E-state index contributed by atoms with van der Waals surface area (Å²) in [4.78, 5) is -0.327. The maximum Gasteiger partial charge on any atom is 1.00 e. The molecule has 0 radical (unpaired) electrons. The summed E-state index contributed by atoms with van der Waals surface area (Å²) < 4.78 is 32.0. The van der Waals surface area contributed by atoms with E-state index in [0.29, 0.717) is 5.56 Å². The van der Waals surface area contributed by atoms with E-state index in [9.17, 15) is 13.0 Å². The van der Waals surface area contributed by atoms with Crippen LogP contribution in [0.4, 0.5) is 5.69 Å². The van der Waals surface area contributed by atoms with Gasteiger partial charge in [0, 0.05) is 0 Å². The van der Waals surface area contributed by atoms with Crippen molar-refractivity contribution in [1.29, 1.82) is 0 Å². The Morgan fingerprint density at radius 2 is 1.93 bits per heavy atom. The largest absolute Gasteiger partial charge is 1.00 e. The van der Waals surface area contributed by atoms with E-state index >= 15 is 0 Å². The number of nitrogen functional groups attached to an aromatic ring is 1. The van der Waals surface area contributed by atoms with Crippen molar-refractivity contribution < 1.29 is 64.4 Å². The minimum atomic E-state index is -4.46. The van der Waals surface area contributed by atoms with Crippen molar-refractivity contribution >= 4 is 27.4 Å². The van der Waals surface area contributed by atoms with Gasteiger partial charge < -0.3 is 10.3 Å². The molecule has 0 heterocycles. The van der Waals surface area contributed by atoms with Crippen molar-refractivity contribution in [2.24, 2.45) is 0 Å². The van der Waals surface area contributed by atoms with E-state index in [0.717, 1.165) is 6.07 Å². The predicted octanol–water partition coefficient (Wildman–Crippen LogP) is -1.86. The number of benzene rings is 1. The van der Waals surface area contributed by atoms with Gasteiger partial charge in [-0.3, -0.25) is 0 Å². The molecule has 0 saturated heterocycles. The first-order valence-corrected chi connectivity index (χ1v) is 5.12. The molecule has 72 valence electrons. The summed E-state index contributed by atoms with van der Waals surface area (Å²) in [7, 11) is -4.46. The van der Waals surface area contributed by atoms with Crippen molar-refractivity contribution in [3.8, 4) is 0 Å². The zero-order valence-corrected chi connectivity index (χ0v) is 12.4. The molecule has 0 aliphatic rings. The Bertz CT molecular complexity index is 446. The molecule has 0 aliphatic carbocycles. The fourth-order valence-electron chi connectivity index (χ4n) is 0.955. The van der Waals surface area contributed by atoms with Crippen LogP contribution in [0.15, 0.2) is 17.0 Å². The monoisotopic (exact) mass is 259 g/mol. The standard InChI is InChI=1S/C7H8ClNO3S.K/c1-4-2-6(9)5(8)3-7(4)13(10,11)12;/h2-3H,9H2,1H3,(H,10,11,12);/q;+1/p-1. The number of nitrogens with two attached hydrogens (primary N) is 1. The fraction of sp³-hybridized carbons (Fsp3) is 0.143. The molecular weight excluding hydrogens is 253 g/mol. The topological polar surface area (TPSA) is 83.2 Å². The normalized spacial score (nSPS) is 10.8. The molecule has 0 aromatic heterocycles. The average Bonchev–Trinajstić information content (AvgIpc) is 1.94. The molecule has 7 heteroatoms. The Hall–Kier alpha value is 0.856. The molecule has 0 amide bonds. The van der Waals surface area contributed by atoms with Crippen LogP contribution in [0.5, 0.6) is 0 Å². The molecule has 1 aromatic rings. The van der Waals surface area contributed by atoms with Gasteiger partial charge in [-0.05, 0) is 24.6 Å². The molecule has 4 nitrogen and oxygen atoms in total.